The number of nitrogens with zero attached hydrogens (tertiary/aromatic N) is 4. The minimum atomic E-state index is -0.822. The lowest BCUT2D eigenvalue weighted by Gasteiger charge is -2.42. The van der Waals surface area contributed by atoms with Gasteiger partial charge in [0.15, 0.2) is 0 Å². The Morgan fingerprint density at radius 1 is 1.05 bits per heavy atom. The second-order valence-electron chi connectivity index (χ2n) is 12.2. The molecule has 0 aromatic heterocycles. The van der Waals surface area contributed by atoms with E-state index in [1.54, 1.807) is 41.3 Å². The van der Waals surface area contributed by atoms with Gasteiger partial charge in [-0.3, -0.25) is 19.3 Å². The molecule has 2 heterocycles. The van der Waals surface area contributed by atoms with Crippen molar-refractivity contribution in [3.05, 3.63) is 71.0 Å². The molecule has 2 aliphatic rings. The molecule has 2 aliphatic heterocycles. The molecule has 0 saturated carbocycles. The lowest BCUT2D eigenvalue weighted by molar-refractivity contribution is -0.146. The van der Waals surface area contributed by atoms with Crippen LogP contribution in [0.15, 0.2) is 48.5 Å². The largest absolute Gasteiger partial charge is 0.344 e. The van der Waals surface area contributed by atoms with E-state index in [-0.39, 0.29) is 47.5 Å². The molecule has 0 bridgehead atoms. The summed E-state index contributed by atoms with van der Waals surface area (Å²) < 4.78 is 14.9. The highest BCUT2D eigenvalue weighted by Gasteiger charge is 2.46. The van der Waals surface area contributed by atoms with E-state index < -0.39 is 12.0 Å². The molecule has 0 radical (unpaired) electrons. The molecule has 8 nitrogen and oxygen atoms in total. The number of nitriles is 1. The van der Waals surface area contributed by atoms with Crippen molar-refractivity contribution in [3.8, 4) is 6.07 Å². The zero-order chi connectivity index (χ0) is 29.9. The molecule has 0 aliphatic carbocycles. The summed E-state index contributed by atoms with van der Waals surface area (Å²) in [4.78, 5) is 45.4. The third kappa shape index (κ3) is 6.76. The first-order valence-electron chi connectivity index (χ1n) is 14.2. The molecule has 41 heavy (non-hydrogen) atoms. The second-order valence-corrected chi connectivity index (χ2v) is 12.2. The van der Waals surface area contributed by atoms with Crippen LogP contribution in [0.25, 0.3) is 0 Å². The number of nitrogens with one attached hydrogen (secondary N) is 1. The first-order chi connectivity index (χ1) is 19.4. The minimum absolute atomic E-state index is 0.0223. The molecule has 0 unspecified atom stereocenters. The first kappa shape index (κ1) is 30.2. The summed E-state index contributed by atoms with van der Waals surface area (Å²) in [5.74, 6) is -1.55. The predicted molar refractivity (Wildman–Crippen MR) is 154 cm³/mol. The van der Waals surface area contributed by atoms with Gasteiger partial charge in [-0.2, -0.15) is 5.26 Å². The highest BCUT2D eigenvalue weighted by molar-refractivity contribution is 5.88. The van der Waals surface area contributed by atoms with Crippen molar-refractivity contribution in [2.45, 2.75) is 64.6 Å². The van der Waals surface area contributed by atoms with Crippen molar-refractivity contribution >= 4 is 17.7 Å². The number of rotatable bonds is 6. The lowest BCUT2D eigenvalue weighted by atomic mass is 9.87. The summed E-state index contributed by atoms with van der Waals surface area (Å²) in [6, 6.07) is 14.8. The normalized spacial score (nSPS) is 22.2. The van der Waals surface area contributed by atoms with E-state index >= 15 is 0 Å². The monoisotopic (exact) mass is 561 g/mol. The number of halogens is 1. The molecular formula is C32H40FN5O3. The van der Waals surface area contributed by atoms with Gasteiger partial charge >= 0.3 is 0 Å². The van der Waals surface area contributed by atoms with Crippen LogP contribution >= 0.6 is 0 Å². The van der Waals surface area contributed by atoms with Crippen LogP contribution in [0.1, 0.15) is 57.2 Å². The molecule has 2 fully saturated rings. The highest BCUT2D eigenvalue weighted by Crippen LogP contribution is 2.38. The number of carbonyl (C=O) groups is 3. The van der Waals surface area contributed by atoms with Crippen molar-refractivity contribution < 1.29 is 18.8 Å². The summed E-state index contributed by atoms with van der Waals surface area (Å²) in [6.07, 6.45) is 0.199. The fraction of sp³-hybridized carbons (Fsp3) is 0.500. The van der Waals surface area contributed by atoms with Crippen molar-refractivity contribution in [2.24, 2.45) is 5.92 Å². The molecule has 2 aromatic rings. The number of carbonyl (C=O) groups excluding carboxylic acids is 3. The van der Waals surface area contributed by atoms with Gasteiger partial charge in [-0.05, 0) is 51.0 Å². The van der Waals surface area contributed by atoms with Gasteiger partial charge in [0.25, 0.3) is 0 Å². The molecule has 9 heteroatoms. The molecule has 4 atom stereocenters. The van der Waals surface area contributed by atoms with Crippen molar-refractivity contribution in [2.75, 3.05) is 32.7 Å². The Labute approximate surface area is 242 Å². The van der Waals surface area contributed by atoms with Crippen LogP contribution in [-0.4, -0.2) is 82.8 Å². The molecule has 2 saturated heterocycles. The molecular weight excluding hydrogens is 521 g/mol. The number of amides is 3. The number of benzene rings is 2. The van der Waals surface area contributed by atoms with E-state index in [9.17, 15) is 24.0 Å². The minimum Gasteiger partial charge on any atom is -0.344 e. The van der Waals surface area contributed by atoms with Gasteiger partial charge < -0.3 is 15.1 Å². The van der Waals surface area contributed by atoms with E-state index in [1.165, 1.54) is 13.0 Å². The van der Waals surface area contributed by atoms with E-state index in [0.717, 1.165) is 0 Å². The molecule has 218 valence electrons. The van der Waals surface area contributed by atoms with E-state index in [4.69, 9.17) is 0 Å². The first-order valence-corrected chi connectivity index (χ1v) is 14.2. The summed E-state index contributed by atoms with van der Waals surface area (Å²) >= 11 is 0. The van der Waals surface area contributed by atoms with Crippen LogP contribution < -0.4 is 5.32 Å². The maximum absolute atomic E-state index is 14.9. The smallest absolute Gasteiger partial charge is 0.245 e. The third-order valence-electron chi connectivity index (χ3n) is 8.35. The van der Waals surface area contributed by atoms with E-state index in [0.29, 0.717) is 49.4 Å². The Kier molecular flexibility index (Phi) is 9.13. The van der Waals surface area contributed by atoms with Crippen LogP contribution in [0.2, 0.25) is 0 Å². The highest BCUT2D eigenvalue weighted by atomic mass is 19.1. The number of hydrogen-bond acceptors (Lipinski definition) is 5. The predicted octanol–water partition coefficient (Wildman–Crippen LogP) is 3.32. The standard InChI is InChI=1S/C32H40FN5O3/c1-21-18-36(31(41)29(35-22(2)39)16-23-10-6-7-11-24(23)17-34)14-15-38(21)30(40)27-20-37(32(3,4)5)19-26(27)25-12-8-9-13-28(25)33/h6-13,21,26-27,29H,14-16,18-20H2,1-5H3,(H,35,39)/t21-,26-,27+,29-/m0/s1. The summed E-state index contributed by atoms with van der Waals surface area (Å²) in [5, 5.41) is 12.2. The average Bonchev–Trinajstić information content (AvgIpc) is 3.38. The fourth-order valence-corrected chi connectivity index (χ4v) is 6.08. The van der Waals surface area contributed by atoms with Gasteiger partial charge in [0.05, 0.1) is 17.6 Å². The number of piperazine rings is 1. The summed E-state index contributed by atoms with van der Waals surface area (Å²) in [6.45, 7) is 11.7. The van der Waals surface area contributed by atoms with Crippen molar-refractivity contribution in [1.82, 2.24) is 20.0 Å². The third-order valence-corrected chi connectivity index (χ3v) is 8.35. The Morgan fingerprint density at radius 3 is 2.37 bits per heavy atom. The molecule has 2 aromatic carbocycles. The Bertz CT molecular complexity index is 1330. The van der Waals surface area contributed by atoms with Crippen LogP contribution in [0.3, 0.4) is 0 Å². The van der Waals surface area contributed by atoms with Gasteiger partial charge in [0, 0.05) is 63.6 Å². The second kappa shape index (κ2) is 12.4. The zero-order valence-electron chi connectivity index (χ0n) is 24.6. The van der Waals surface area contributed by atoms with Crippen LogP contribution in [-0.2, 0) is 20.8 Å². The quantitative estimate of drug-likeness (QED) is 0.584. The average molecular weight is 562 g/mol. The Morgan fingerprint density at radius 2 is 1.73 bits per heavy atom. The maximum Gasteiger partial charge on any atom is 0.245 e. The number of hydrogen-bond donors (Lipinski definition) is 1. The SMILES string of the molecule is CC(=O)N[C@@H](Cc1ccccc1C#N)C(=O)N1CCN(C(=O)[C@@H]2CN(C(C)(C)C)C[C@H]2c2ccccc2F)[C@@H](C)C1. The van der Waals surface area contributed by atoms with Gasteiger partial charge in [0.2, 0.25) is 17.7 Å². The number of likely N-dealkylation sites (tertiary alicyclic amines) is 1. The molecule has 1 N–H and O–H groups in total. The van der Waals surface area contributed by atoms with Crippen LogP contribution in [0.5, 0.6) is 0 Å². The van der Waals surface area contributed by atoms with Crippen LogP contribution in [0.4, 0.5) is 4.39 Å². The topological polar surface area (TPSA) is 96.7 Å². The van der Waals surface area contributed by atoms with Gasteiger partial charge in [0.1, 0.15) is 11.9 Å². The molecule has 3 amide bonds. The Balaban J connectivity index is 1.50. The van der Waals surface area contributed by atoms with Crippen LogP contribution in [0, 0.1) is 23.1 Å². The van der Waals surface area contributed by atoms with Gasteiger partial charge in [-0.15, -0.1) is 0 Å². The van der Waals surface area contributed by atoms with Crippen molar-refractivity contribution in [1.29, 1.82) is 5.26 Å². The Hall–Kier alpha value is -3.77. The lowest BCUT2D eigenvalue weighted by Crippen LogP contribution is -2.60. The van der Waals surface area contributed by atoms with Gasteiger partial charge in [-0.1, -0.05) is 36.4 Å². The zero-order valence-corrected chi connectivity index (χ0v) is 24.6. The maximum atomic E-state index is 14.9. The van der Waals surface area contributed by atoms with Gasteiger partial charge in [-0.25, -0.2) is 4.39 Å². The van der Waals surface area contributed by atoms with E-state index in [1.807, 2.05) is 17.9 Å². The van der Waals surface area contributed by atoms with Crippen molar-refractivity contribution in [3.63, 3.8) is 0 Å². The summed E-state index contributed by atoms with van der Waals surface area (Å²) in [7, 11) is 0. The molecule has 4 rings (SSSR count). The van der Waals surface area contributed by atoms with E-state index in [2.05, 4.69) is 37.1 Å². The summed E-state index contributed by atoms with van der Waals surface area (Å²) in [5.41, 5.74) is 1.55. The molecule has 0 spiro atoms. The fourth-order valence-electron chi connectivity index (χ4n) is 6.08.